The number of hydrogen-bond acceptors (Lipinski definition) is 1. The van der Waals surface area contributed by atoms with E-state index in [1.165, 1.54) is 18.4 Å². The maximum atomic E-state index is 6.38. The van der Waals surface area contributed by atoms with Gasteiger partial charge in [0, 0.05) is 10.0 Å². The molecule has 1 nitrogen and oxygen atoms in total. The third kappa shape index (κ3) is 2.26. The zero-order chi connectivity index (χ0) is 10.9. The van der Waals surface area contributed by atoms with Crippen LogP contribution in [0.1, 0.15) is 38.2 Å². The molecular formula is C13H18BrN. The first-order valence-corrected chi connectivity index (χ1v) is 6.48. The van der Waals surface area contributed by atoms with Crippen molar-refractivity contribution in [2.24, 2.45) is 11.7 Å². The minimum Gasteiger partial charge on any atom is -0.321 e. The Morgan fingerprint density at radius 2 is 1.93 bits per heavy atom. The monoisotopic (exact) mass is 267 g/mol. The number of benzene rings is 1. The number of nitrogens with two attached hydrogens (primary N) is 1. The highest BCUT2D eigenvalue weighted by Crippen LogP contribution is 2.45. The second kappa shape index (κ2) is 4.26. The van der Waals surface area contributed by atoms with Crippen LogP contribution in [-0.2, 0) is 5.54 Å². The van der Waals surface area contributed by atoms with Gasteiger partial charge in [-0.25, -0.2) is 0 Å². The maximum Gasteiger partial charge on any atom is 0.0415 e. The Morgan fingerprint density at radius 3 is 2.47 bits per heavy atom. The van der Waals surface area contributed by atoms with Crippen molar-refractivity contribution in [3.8, 4) is 0 Å². The summed E-state index contributed by atoms with van der Waals surface area (Å²) in [7, 11) is 0. The Bertz CT molecular complexity index is 325. The summed E-state index contributed by atoms with van der Waals surface area (Å²) >= 11 is 3.45. The van der Waals surface area contributed by atoms with Crippen molar-refractivity contribution in [2.75, 3.05) is 0 Å². The summed E-state index contributed by atoms with van der Waals surface area (Å²) < 4.78 is 1.12. The fourth-order valence-corrected chi connectivity index (χ4v) is 2.86. The zero-order valence-electron chi connectivity index (χ0n) is 9.17. The molecule has 0 amide bonds. The Morgan fingerprint density at radius 1 is 1.33 bits per heavy atom. The van der Waals surface area contributed by atoms with Gasteiger partial charge >= 0.3 is 0 Å². The van der Waals surface area contributed by atoms with E-state index in [4.69, 9.17) is 5.73 Å². The highest BCUT2D eigenvalue weighted by atomic mass is 79.9. The lowest BCUT2D eigenvalue weighted by Crippen LogP contribution is -2.48. The summed E-state index contributed by atoms with van der Waals surface area (Å²) in [4.78, 5) is 0. The predicted molar refractivity (Wildman–Crippen MR) is 67.6 cm³/mol. The summed E-state index contributed by atoms with van der Waals surface area (Å²) in [6.45, 7) is 2.25. The van der Waals surface area contributed by atoms with E-state index >= 15 is 0 Å². The van der Waals surface area contributed by atoms with Gasteiger partial charge in [0.15, 0.2) is 0 Å². The molecular weight excluding hydrogens is 250 g/mol. The first-order chi connectivity index (χ1) is 7.14. The SMILES string of the molecule is CCCC1CC(N)(c2ccc(Br)cc2)C1. The highest BCUT2D eigenvalue weighted by molar-refractivity contribution is 9.10. The summed E-state index contributed by atoms with van der Waals surface area (Å²) in [6, 6.07) is 8.45. The quantitative estimate of drug-likeness (QED) is 0.886. The molecule has 0 radical (unpaired) electrons. The van der Waals surface area contributed by atoms with Gasteiger partial charge in [-0.3, -0.25) is 0 Å². The summed E-state index contributed by atoms with van der Waals surface area (Å²) in [6.07, 6.45) is 4.92. The highest BCUT2D eigenvalue weighted by Gasteiger charge is 2.41. The molecule has 2 rings (SSSR count). The second-order valence-electron chi connectivity index (χ2n) is 4.73. The molecule has 0 aliphatic heterocycles. The third-order valence-corrected chi connectivity index (χ3v) is 3.95. The average Bonchev–Trinajstić information content (AvgIpc) is 2.16. The fourth-order valence-electron chi connectivity index (χ4n) is 2.60. The van der Waals surface area contributed by atoms with E-state index in [0.29, 0.717) is 0 Å². The van der Waals surface area contributed by atoms with Crippen LogP contribution in [0.2, 0.25) is 0 Å². The van der Waals surface area contributed by atoms with E-state index in [1.807, 2.05) is 0 Å². The number of rotatable bonds is 3. The molecule has 15 heavy (non-hydrogen) atoms. The first-order valence-electron chi connectivity index (χ1n) is 5.69. The van der Waals surface area contributed by atoms with E-state index in [0.717, 1.165) is 23.2 Å². The van der Waals surface area contributed by atoms with Crippen molar-refractivity contribution in [1.82, 2.24) is 0 Å². The Kier molecular flexibility index (Phi) is 3.17. The van der Waals surface area contributed by atoms with Crippen molar-refractivity contribution < 1.29 is 0 Å². The summed E-state index contributed by atoms with van der Waals surface area (Å²) in [5, 5.41) is 0. The Hall–Kier alpha value is -0.340. The molecule has 2 heteroatoms. The van der Waals surface area contributed by atoms with Crippen LogP contribution in [0, 0.1) is 5.92 Å². The van der Waals surface area contributed by atoms with Crippen molar-refractivity contribution in [1.29, 1.82) is 0 Å². The lowest BCUT2D eigenvalue weighted by atomic mass is 9.64. The van der Waals surface area contributed by atoms with E-state index in [-0.39, 0.29) is 5.54 Å². The summed E-state index contributed by atoms with van der Waals surface area (Å²) in [5.41, 5.74) is 7.63. The molecule has 2 N–H and O–H groups in total. The molecule has 1 aromatic carbocycles. The smallest absolute Gasteiger partial charge is 0.0415 e. The molecule has 0 bridgehead atoms. The Balaban J connectivity index is 2.03. The number of halogens is 1. The lowest BCUT2D eigenvalue weighted by molar-refractivity contribution is 0.138. The molecule has 1 aliphatic rings. The van der Waals surface area contributed by atoms with Crippen LogP contribution in [-0.4, -0.2) is 0 Å². The summed E-state index contributed by atoms with van der Waals surface area (Å²) in [5.74, 6) is 0.851. The molecule has 1 saturated carbocycles. The van der Waals surface area contributed by atoms with Crippen LogP contribution in [0.5, 0.6) is 0 Å². The Labute approximate surface area is 100 Å². The van der Waals surface area contributed by atoms with Gasteiger partial charge in [-0.2, -0.15) is 0 Å². The largest absolute Gasteiger partial charge is 0.321 e. The van der Waals surface area contributed by atoms with Gasteiger partial charge in [0.2, 0.25) is 0 Å². The molecule has 1 fully saturated rings. The normalized spacial score (nSPS) is 29.9. The molecule has 0 heterocycles. The van der Waals surface area contributed by atoms with Crippen LogP contribution in [0.15, 0.2) is 28.7 Å². The zero-order valence-corrected chi connectivity index (χ0v) is 10.8. The van der Waals surface area contributed by atoms with Gasteiger partial charge in [-0.15, -0.1) is 0 Å². The molecule has 0 unspecified atom stereocenters. The van der Waals surface area contributed by atoms with Gasteiger partial charge in [0.25, 0.3) is 0 Å². The molecule has 1 aliphatic carbocycles. The topological polar surface area (TPSA) is 26.0 Å². The van der Waals surface area contributed by atoms with Crippen molar-refractivity contribution in [2.45, 2.75) is 38.1 Å². The lowest BCUT2D eigenvalue weighted by Gasteiger charge is -2.45. The first kappa shape index (κ1) is 11.2. The van der Waals surface area contributed by atoms with Crippen molar-refractivity contribution in [3.63, 3.8) is 0 Å². The average molecular weight is 268 g/mol. The van der Waals surface area contributed by atoms with E-state index in [1.54, 1.807) is 0 Å². The van der Waals surface area contributed by atoms with Gasteiger partial charge in [-0.1, -0.05) is 47.8 Å². The second-order valence-corrected chi connectivity index (χ2v) is 5.64. The van der Waals surface area contributed by atoms with Gasteiger partial charge in [-0.05, 0) is 36.5 Å². The fraction of sp³-hybridized carbons (Fsp3) is 0.538. The molecule has 0 atom stereocenters. The van der Waals surface area contributed by atoms with Gasteiger partial charge < -0.3 is 5.73 Å². The van der Waals surface area contributed by atoms with Gasteiger partial charge in [0.05, 0.1) is 0 Å². The molecule has 0 spiro atoms. The molecule has 0 aromatic heterocycles. The number of hydrogen-bond donors (Lipinski definition) is 1. The minimum atomic E-state index is -0.0411. The van der Waals surface area contributed by atoms with Crippen molar-refractivity contribution in [3.05, 3.63) is 34.3 Å². The van der Waals surface area contributed by atoms with Crippen molar-refractivity contribution >= 4 is 15.9 Å². The maximum absolute atomic E-state index is 6.38. The third-order valence-electron chi connectivity index (χ3n) is 3.42. The van der Waals surface area contributed by atoms with Crippen LogP contribution >= 0.6 is 15.9 Å². The molecule has 0 saturated heterocycles. The van der Waals surface area contributed by atoms with Crippen LogP contribution < -0.4 is 5.73 Å². The molecule has 82 valence electrons. The van der Waals surface area contributed by atoms with Crippen LogP contribution in [0.25, 0.3) is 0 Å². The van der Waals surface area contributed by atoms with Gasteiger partial charge in [0.1, 0.15) is 0 Å². The van der Waals surface area contributed by atoms with E-state index in [9.17, 15) is 0 Å². The van der Waals surface area contributed by atoms with Crippen LogP contribution in [0.4, 0.5) is 0 Å². The molecule has 1 aromatic rings. The standard InChI is InChI=1S/C13H18BrN/c1-2-3-10-8-13(15,9-10)11-4-6-12(14)7-5-11/h4-7,10H,2-3,8-9,15H2,1H3. The predicted octanol–water partition coefficient (Wildman–Crippen LogP) is 3.81. The van der Waals surface area contributed by atoms with E-state index < -0.39 is 0 Å². The minimum absolute atomic E-state index is 0.0411. The van der Waals surface area contributed by atoms with E-state index in [2.05, 4.69) is 47.1 Å². The van der Waals surface area contributed by atoms with Crippen LogP contribution in [0.3, 0.4) is 0 Å².